The first-order chi connectivity index (χ1) is 18.4. The summed E-state index contributed by atoms with van der Waals surface area (Å²) in [5.74, 6) is -0.684. The van der Waals surface area contributed by atoms with Crippen LogP contribution in [0, 0.1) is 10.1 Å². The molecule has 0 spiro atoms. The number of hydrogen-bond acceptors (Lipinski definition) is 8. The SMILES string of the molecule is COc1ccccc1[C@@H]1CC(=O)C2=C(C1)NC(C)=C(C(=O)OC[C@H]1CCCO1)[C@H]2c1ccc([N+](=O)[O-])cc1. The molecule has 1 saturated heterocycles. The third kappa shape index (κ3) is 4.93. The normalized spacial score (nSPS) is 23.1. The lowest BCUT2D eigenvalue weighted by Gasteiger charge is -2.37. The van der Waals surface area contributed by atoms with Gasteiger partial charge in [-0.2, -0.15) is 0 Å². The second-order valence-corrected chi connectivity index (χ2v) is 9.84. The van der Waals surface area contributed by atoms with Crippen LogP contribution in [-0.2, 0) is 19.1 Å². The summed E-state index contributed by atoms with van der Waals surface area (Å²) in [5.41, 5.74) is 3.68. The fourth-order valence-electron chi connectivity index (χ4n) is 5.68. The fourth-order valence-corrected chi connectivity index (χ4v) is 5.68. The largest absolute Gasteiger partial charge is 0.496 e. The number of esters is 1. The van der Waals surface area contributed by atoms with E-state index in [1.807, 2.05) is 24.3 Å². The number of ketones is 1. The summed E-state index contributed by atoms with van der Waals surface area (Å²) in [4.78, 5) is 38.0. The van der Waals surface area contributed by atoms with Gasteiger partial charge in [-0.1, -0.05) is 30.3 Å². The molecule has 2 aliphatic heterocycles. The lowest BCUT2D eigenvalue weighted by atomic mass is 9.71. The third-order valence-electron chi connectivity index (χ3n) is 7.49. The van der Waals surface area contributed by atoms with Crippen LogP contribution in [0.15, 0.2) is 71.1 Å². The summed E-state index contributed by atoms with van der Waals surface area (Å²) < 4.78 is 16.8. The van der Waals surface area contributed by atoms with E-state index in [0.29, 0.717) is 35.4 Å². The molecule has 0 saturated carbocycles. The maximum absolute atomic E-state index is 13.8. The Balaban J connectivity index is 1.52. The number of carbonyl (C=O) groups excluding carboxylic acids is 2. The highest BCUT2D eigenvalue weighted by molar-refractivity contribution is 6.04. The van der Waals surface area contributed by atoms with Crippen LogP contribution < -0.4 is 10.1 Å². The van der Waals surface area contributed by atoms with Crippen molar-refractivity contribution in [2.75, 3.05) is 20.3 Å². The minimum Gasteiger partial charge on any atom is -0.496 e. The summed E-state index contributed by atoms with van der Waals surface area (Å²) in [6.45, 7) is 2.58. The van der Waals surface area contributed by atoms with Crippen LogP contribution in [0.5, 0.6) is 5.75 Å². The fraction of sp³-hybridized carbons (Fsp3) is 0.379. The van der Waals surface area contributed by atoms with E-state index in [9.17, 15) is 19.7 Å². The summed E-state index contributed by atoms with van der Waals surface area (Å²) in [7, 11) is 1.61. The second-order valence-electron chi connectivity index (χ2n) is 9.84. The molecule has 1 aliphatic carbocycles. The van der Waals surface area contributed by atoms with Crippen LogP contribution in [-0.4, -0.2) is 43.1 Å². The van der Waals surface area contributed by atoms with Gasteiger partial charge in [0.2, 0.25) is 0 Å². The van der Waals surface area contributed by atoms with Crippen LogP contribution >= 0.6 is 0 Å². The molecule has 0 amide bonds. The number of dihydropyridines is 1. The number of non-ortho nitro benzene ring substituents is 1. The zero-order chi connectivity index (χ0) is 26.8. The first kappa shape index (κ1) is 25.7. The van der Waals surface area contributed by atoms with Gasteiger partial charge in [-0.15, -0.1) is 0 Å². The number of para-hydroxylation sites is 1. The summed E-state index contributed by atoms with van der Waals surface area (Å²) in [6, 6.07) is 13.7. The molecule has 2 aromatic carbocycles. The van der Waals surface area contributed by atoms with E-state index in [2.05, 4.69) is 5.32 Å². The highest BCUT2D eigenvalue weighted by atomic mass is 16.6. The number of nitro groups is 1. The third-order valence-corrected chi connectivity index (χ3v) is 7.49. The van der Waals surface area contributed by atoms with Crippen LogP contribution in [0.1, 0.15) is 55.6 Å². The Hall–Kier alpha value is -3.98. The Bertz CT molecular complexity index is 1320. The van der Waals surface area contributed by atoms with E-state index in [4.69, 9.17) is 14.2 Å². The van der Waals surface area contributed by atoms with E-state index in [-0.39, 0.29) is 36.5 Å². The highest BCUT2D eigenvalue weighted by Gasteiger charge is 2.42. The maximum atomic E-state index is 13.8. The Kier molecular flexibility index (Phi) is 7.28. The molecule has 198 valence electrons. The number of hydrogen-bond donors (Lipinski definition) is 1. The van der Waals surface area contributed by atoms with Gasteiger partial charge in [-0.05, 0) is 43.4 Å². The van der Waals surface area contributed by atoms with E-state index in [1.54, 1.807) is 26.2 Å². The van der Waals surface area contributed by atoms with Crippen LogP contribution in [0.25, 0.3) is 0 Å². The van der Waals surface area contributed by atoms with Crippen molar-refractivity contribution in [2.24, 2.45) is 0 Å². The minimum absolute atomic E-state index is 0.0636. The van der Waals surface area contributed by atoms with Crippen molar-refractivity contribution in [2.45, 2.75) is 50.5 Å². The number of carbonyl (C=O) groups is 2. The summed E-state index contributed by atoms with van der Waals surface area (Å²) in [6.07, 6.45) is 2.42. The molecule has 38 heavy (non-hydrogen) atoms. The number of methoxy groups -OCH3 is 1. The summed E-state index contributed by atoms with van der Waals surface area (Å²) in [5, 5.41) is 14.6. The average molecular weight is 519 g/mol. The van der Waals surface area contributed by atoms with Crippen molar-refractivity contribution >= 4 is 17.4 Å². The van der Waals surface area contributed by atoms with E-state index in [0.717, 1.165) is 29.9 Å². The number of ether oxygens (including phenoxy) is 3. The lowest BCUT2D eigenvalue weighted by Crippen LogP contribution is -2.36. The molecular formula is C29H30N2O7. The number of nitrogens with one attached hydrogen (secondary N) is 1. The number of nitro benzene ring substituents is 1. The van der Waals surface area contributed by atoms with Gasteiger partial charge in [0.15, 0.2) is 5.78 Å². The summed E-state index contributed by atoms with van der Waals surface area (Å²) >= 11 is 0. The number of Topliss-reactive ketones (excluding diaryl/α,β-unsaturated/α-hetero) is 1. The topological polar surface area (TPSA) is 117 Å². The number of allylic oxidation sites excluding steroid dienone is 3. The lowest BCUT2D eigenvalue weighted by molar-refractivity contribution is -0.384. The van der Waals surface area contributed by atoms with Gasteiger partial charge in [-0.25, -0.2) is 4.79 Å². The van der Waals surface area contributed by atoms with Crippen molar-refractivity contribution in [3.05, 3.63) is 92.3 Å². The van der Waals surface area contributed by atoms with E-state index in [1.165, 1.54) is 12.1 Å². The molecule has 2 aromatic rings. The Morgan fingerprint density at radius 1 is 1.16 bits per heavy atom. The predicted molar refractivity (Wildman–Crippen MR) is 139 cm³/mol. The standard InChI is InChI=1S/C29H30N2O7/c1-17-26(29(33)38-16-21-6-5-13-37-21)27(18-9-11-20(12-10-18)31(34)35)28-23(30-17)14-19(15-24(28)32)22-7-3-4-8-25(22)36-2/h3-4,7-12,19,21,27,30H,5-6,13-16H2,1-2H3/t19-,21+,27+/m0/s1. The smallest absolute Gasteiger partial charge is 0.336 e. The molecule has 0 aromatic heterocycles. The van der Waals surface area contributed by atoms with Crippen molar-refractivity contribution in [1.82, 2.24) is 5.32 Å². The molecular weight excluding hydrogens is 488 g/mol. The van der Waals surface area contributed by atoms with Crippen molar-refractivity contribution in [1.29, 1.82) is 0 Å². The van der Waals surface area contributed by atoms with E-state index < -0.39 is 16.8 Å². The highest BCUT2D eigenvalue weighted by Crippen LogP contribution is 2.47. The molecule has 0 radical (unpaired) electrons. The Morgan fingerprint density at radius 3 is 2.61 bits per heavy atom. The van der Waals surface area contributed by atoms with Crippen LogP contribution in [0.3, 0.4) is 0 Å². The molecule has 5 rings (SSSR count). The maximum Gasteiger partial charge on any atom is 0.336 e. The van der Waals surface area contributed by atoms with Crippen molar-refractivity contribution in [3.63, 3.8) is 0 Å². The molecule has 9 nitrogen and oxygen atoms in total. The number of nitrogens with zero attached hydrogens (tertiary/aromatic N) is 1. The van der Waals surface area contributed by atoms with Crippen LogP contribution in [0.2, 0.25) is 0 Å². The Labute approximate surface area is 220 Å². The molecule has 1 fully saturated rings. The van der Waals surface area contributed by atoms with Crippen molar-refractivity contribution in [3.8, 4) is 5.75 Å². The monoisotopic (exact) mass is 518 g/mol. The quantitative estimate of drug-likeness (QED) is 0.319. The molecule has 0 unspecified atom stereocenters. The molecule has 3 aliphatic rings. The van der Waals surface area contributed by atoms with E-state index >= 15 is 0 Å². The van der Waals surface area contributed by atoms with Gasteiger partial charge in [0, 0.05) is 54.0 Å². The average Bonchev–Trinajstić information content (AvgIpc) is 3.44. The molecule has 3 atom stereocenters. The number of rotatable bonds is 7. The van der Waals surface area contributed by atoms with Crippen LogP contribution in [0.4, 0.5) is 5.69 Å². The molecule has 9 heteroatoms. The Morgan fingerprint density at radius 2 is 1.92 bits per heavy atom. The minimum atomic E-state index is -0.699. The van der Waals surface area contributed by atoms with Gasteiger partial charge in [0.1, 0.15) is 12.4 Å². The zero-order valence-corrected chi connectivity index (χ0v) is 21.4. The van der Waals surface area contributed by atoms with Gasteiger partial charge in [0.05, 0.1) is 23.7 Å². The van der Waals surface area contributed by atoms with Gasteiger partial charge in [-0.3, -0.25) is 14.9 Å². The number of benzene rings is 2. The zero-order valence-electron chi connectivity index (χ0n) is 21.4. The predicted octanol–water partition coefficient (Wildman–Crippen LogP) is 4.69. The molecule has 1 N–H and O–H groups in total. The first-order valence-electron chi connectivity index (χ1n) is 12.8. The van der Waals surface area contributed by atoms with Gasteiger partial charge >= 0.3 is 5.97 Å². The first-order valence-corrected chi connectivity index (χ1v) is 12.8. The second kappa shape index (κ2) is 10.8. The molecule has 0 bridgehead atoms. The van der Waals surface area contributed by atoms with Crippen molar-refractivity contribution < 1.29 is 28.7 Å². The van der Waals surface area contributed by atoms with Gasteiger partial charge < -0.3 is 19.5 Å². The molecule has 2 heterocycles. The van der Waals surface area contributed by atoms with Gasteiger partial charge in [0.25, 0.3) is 5.69 Å².